The standard InChI is InChI=1S/C26H26O17/c27-6-13-15(32)19(36)25(40-13)43-24(38)23-18(35)17(34)20(37)26(42-23)41-22-16(33)14-11(31)4-8(28)5-12(14)39-21(22)7-1-2-9(29)10(30)3-7/h1-5,13,15,17-20,23,25-32,34-37H,6H2. The number of hydrogen-bond donors (Lipinski definition) is 10. The number of aliphatic hydroxyl groups is 6. The van der Waals surface area contributed by atoms with Gasteiger partial charge in [-0.05, 0) is 18.2 Å². The molecule has 9 atom stereocenters. The maximum absolute atomic E-state index is 13.5. The van der Waals surface area contributed by atoms with Gasteiger partial charge in [-0.1, -0.05) is 0 Å². The molecule has 17 nitrogen and oxygen atoms in total. The van der Waals surface area contributed by atoms with Crippen LogP contribution in [0.1, 0.15) is 0 Å². The Balaban J connectivity index is 1.51. The third-order valence-electron chi connectivity index (χ3n) is 6.92. The lowest BCUT2D eigenvalue weighted by molar-refractivity contribution is -0.279. The molecule has 5 rings (SSSR count). The van der Waals surface area contributed by atoms with Crippen LogP contribution < -0.4 is 10.2 Å². The molecule has 3 heterocycles. The number of benzene rings is 2. The summed E-state index contributed by atoms with van der Waals surface area (Å²) in [5.74, 6) is -5.17. The lowest BCUT2D eigenvalue weighted by atomic mass is 9.99. The quantitative estimate of drug-likeness (QED) is 0.101. The number of fused-ring (bicyclic) bond motifs is 1. The summed E-state index contributed by atoms with van der Waals surface area (Å²) < 4.78 is 26.6. The predicted octanol–water partition coefficient (Wildman–Crippen LogP) is -2.55. The highest BCUT2D eigenvalue weighted by atomic mass is 16.8. The normalized spacial score (nSPS) is 30.8. The summed E-state index contributed by atoms with van der Waals surface area (Å²) in [5, 5.41) is 100. The van der Waals surface area contributed by atoms with E-state index in [0.29, 0.717) is 0 Å². The van der Waals surface area contributed by atoms with Crippen molar-refractivity contribution in [1.82, 2.24) is 0 Å². The number of aliphatic hydroxyl groups excluding tert-OH is 6. The highest BCUT2D eigenvalue weighted by Gasteiger charge is 2.51. The van der Waals surface area contributed by atoms with Crippen molar-refractivity contribution in [3.8, 4) is 40.1 Å². The zero-order chi connectivity index (χ0) is 31.3. The average Bonchev–Trinajstić information content (AvgIpc) is 3.23. The molecule has 0 saturated carbocycles. The second-order valence-electron chi connectivity index (χ2n) is 9.79. The van der Waals surface area contributed by atoms with Crippen LogP contribution in [0.25, 0.3) is 22.3 Å². The van der Waals surface area contributed by atoms with Crippen molar-refractivity contribution >= 4 is 16.9 Å². The number of hydrogen-bond acceptors (Lipinski definition) is 17. The van der Waals surface area contributed by atoms with Crippen LogP contribution in [0.15, 0.2) is 39.5 Å². The second kappa shape index (κ2) is 11.5. The SMILES string of the molecule is O=C(OC1OC(CO)C(O)C1O)C1OC(Oc2c(-c3ccc(O)c(O)c3)oc3cc(O)cc(O)c3c2=O)C(O)C(O)C1O. The number of carbonyl (C=O) groups is 1. The van der Waals surface area contributed by atoms with E-state index in [2.05, 4.69) is 0 Å². The van der Waals surface area contributed by atoms with Crippen molar-refractivity contribution < 1.29 is 79.2 Å². The van der Waals surface area contributed by atoms with Gasteiger partial charge in [-0.15, -0.1) is 0 Å². The zero-order valence-electron chi connectivity index (χ0n) is 21.6. The van der Waals surface area contributed by atoms with E-state index >= 15 is 0 Å². The molecular weight excluding hydrogens is 584 g/mol. The van der Waals surface area contributed by atoms with Gasteiger partial charge in [0, 0.05) is 17.7 Å². The van der Waals surface area contributed by atoms with Crippen molar-refractivity contribution in [2.75, 3.05) is 6.61 Å². The van der Waals surface area contributed by atoms with Crippen LogP contribution in [0.3, 0.4) is 0 Å². The van der Waals surface area contributed by atoms with Gasteiger partial charge in [0.05, 0.1) is 6.61 Å². The summed E-state index contributed by atoms with van der Waals surface area (Å²) in [7, 11) is 0. The molecule has 232 valence electrons. The monoisotopic (exact) mass is 610 g/mol. The Morgan fingerprint density at radius 2 is 1.49 bits per heavy atom. The van der Waals surface area contributed by atoms with Gasteiger partial charge in [0.15, 0.2) is 23.4 Å². The summed E-state index contributed by atoms with van der Waals surface area (Å²) in [6, 6.07) is 5.00. The average molecular weight is 610 g/mol. The van der Waals surface area contributed by atoms with Gasteiger partial charge >= 0.3 is 5.97 Å². The molecule has 2 saturated heterocycles. The minimum Gasteiger partial charge on any atom is -0.508 e. The first-order valence-corrected chi connectivity index (χ1v) is 12.6. The Kier molecular flexibility index (Phi) is 8.07. The van der Waals surface area contributed by atoms with Crippen LogP contribution in [0, 0.1) is 0 Å². The third kappa shape index (κ3) is 5.39. The molecule has 0 bridgehead atoms. The van der Waals surface area contributed by atoms with E-state index in [0.717, 1.165) is 24.3 Å². The second-order valence-corrected chi connectivity index (χ2v) is 9.79. The van der Waals surface area contributed by atoms with Crippen LogP contribution in [0.5, 0.6) is 28.7 Å². The van der Waals surface area contributed by atoms with Crippen LogP contribution in [0.2, 0.25) is 0 Å². The van der Waals surface area contributed by atoms with Crippen LogP contribution >= 0.6 is 0 Å². The number of rotatable bonds is 6. The summed E-state index contributed by atoms with van der Waals surface area (Å²) >= 11 is 0. The lowest BCUT2D eigenvalue weighted by Crippen LogP contribution is -2.62. The first kappa shape index (κ1) is 30.3. The molecule has 9 unspecified atom stereocenters. The molecular formula is C26H26O17. The topological polar surface area (TPSA) is 286 Å². The van der Waals surface area contributed by atoms with Gasteiger partial charge in [0.25, 0.3) is 0 Å². The van der Waals surface area contributed by atoms with E-state index < -0.39 is 113 Å². The van der Waals surface area contributed by atoms with E-state index in [1.165, 1.54) is 6.07 Å². The number of ether oxygens (including phenoxy) is 4. The third-order valence-corrected chi connectivity index (χ3v) is 6.92. The summed E-state index contributed by atoms with van der Waals surface area (Å²) in [5.41, 5.74) is -1.56. The Bertz CT molecular complexity index is 1590. The van der Waals surface area contributed by atoms with Gasteiger partial charge in [0.1, 0.15) is 59.1 Å². The molecule has 1 aromatic heterocycles. The molecule has 10 N–H and O–H groups in total. The zero-order valence-corrected chi connectivity index (χ0v) is 21.6. The van der Waals surface area contributed by atoms with Gasteiger partial charge in [0.2, 0.25) is 23.8 Å². The number of aromatic hydroxyl groups is 4. The number of carbonyl (C=O) groups excluding carboxylic acids is 1. The molecule has 3 aromatic rings. The molecule has 17 heteroatoms. The van der Waals surface area contributed by atoms with E-state index in [4.69, 9.17) is 23.4 Å². The molecule has 0 amide bonds. The Morgan fingerprint density at radius 3 is 2.14 bits per heavy atom. The molecule has 43 heavy (non-hydrogen) atoms. The van der Waals surface area contributed by atoms with E-state index in [9.17, 15) is 60.7 Å². The molecule has 2 fully saturated rings. The van der Waals surface area contributed by atoms with Crippen molar-refractivity contribution in [2.24, 2.45) is 0 Å². The fraction of sp³-hybridized carbons (Fsp3) is 0.385. The van der Waals surface area contributed by atoms with Crippen molar-refractivity contribution in [2.45, 2.75) is 55.3 Å². The number of phenols is 4. The fourth-order valence-electron chi connectivity index (χ4n) is 4.63. The lowest BCUT2D eigenvalue weighted by Gasteiger charge is -2.39. The summed E-state index contributed by atoms with van der Waals surface area (Å²) in [4.78, 5) is 26.4. The minimum atomic E-state index is -2.15. The van der Waals surface area contributed by atoms with Crippen molar-refractivity contribution in [1.29, 1.82) is 0 Å². The predicted molar refractivity (Wildman–Crippen MR) is 136 cm³/mol. The molecule has 2 aliphatic heterocycles. The number of esters is 1. The fourth-order valence-corrected chi connectivity index (χ4v) is 4.63. The Labute approximate surface area is 239 Å². The Morgan fingerprint density at radius 1 is 0.791 bits per heavy atom. The first-order valence-electron chi connectivity index (χ1n) is 12.6. The van der Waals surface area contributed by atoms with Crippen LogP contribution in [0.4, 0.5) is 0 Å². The smallest absolute Gasteiger partial charge is 0.340 e. The van der Waals surface area contributed by atoms with Crippen molar-refractivity contribution in [3.63, 3.8) is 0 Å². The Hall–Kier alpha value is -4.20. The van der Waals surface area contributed by atoms with Crippen LogP contribution in [-0.2, 0) is 19.0 Å². The molecule has 2 aliphatic rings. The molecule has 0 spiro atoms. The van der Waals surface area contributed by atoms with E-state index in [-0.39, 0.29) is 11.1 Å². The maximum atomic E-state index is 13.5. The van der Waals surface area contributed by atoms with Gasteiger partial charge in [-0.3, -0.25) is 4.79 Å². The summed E-state index contributed by atoms with van der Waals surface area (Å²) in [6.45, 7) is -0.736. The minimum absolute atomic E-state index is 0.0988. The van der Waals surface area contributed by atoms with E-state index in [1.54, 1.807) is 0 Å². The highest BCUT2D eigenvalue weighted by molar-refractivity contribution is 5.88. The van der Waals surface area contributed by atoms with Gasteiger partial charge in [-0.25, -0.2) is 4.79 Å². The largest absolute Gasteiger partial charge is 0.508 e. The molecule has 0 radical (unpaired) electrons. The van der Waals surface area contributed by atoms with Gasteiger partial charge in [-0.2, -0.15) is 0 Å². The summed E-state index contributed by atoms with van der Waals surface area (Å²) in [6.07, 6.45) is -17.2. The highest BCUT2D eigenvalue weighted by Crippen LogP contribution is 2.39. The molecule has 0 aliphatic carbocycles. The first-order chi connectivity index (χ1) is 20.3. The maximum Gasteiger partial charge on any atom is 0.340 e. The van der Waals surface area contributed by atoms with Gasteiger partial charge < -0.3 is 74.4 Å². The van der Waals surface area contributed by atoms with E-state index in [1.807, 2.05) is 0 Å². The van der Waals surface area contributed by atoms with Crippen LogP contribution in [-0.4, -0.2) is 119 Å². The number of phenolic OH excluding ortho intramolecular Hbond substituents is 4. The van der Waals surface area contributed by atoms with Crippen molar-refractivity contribution in [3.05, 3.63) is 40.6 Å². The molecule has 2 aromatic carbocycles.